The highest BCUT2D eigenvalue weighted by atomic mass is 32.2. The van der Waals surface area contributed by atoms with E-state index in [9.17, 15) is 14.4 Å². The number of carbonyl (C=O) groups excluding carboxylic acids is 3. The third kappa shape index (κ3) is 3.60. The molecule has 2 heterocycles. The van der Waals surface area contributed by atoms with Gasteiger partial charge in [-0.25, -0.2) is 4.79 Å². The molecule has 2 saturated heterocycles. The average Bonchev–Trinajstić information content (AvgIpc) is 2.99. The molecule has 6 heteroatoms. The van der Waals surface area contributed by atoms with Crippen LogP contribution in [-0.2, 0) is 19.1 Å². The molecular formula is C23H21NO4S. The summed E-state index contributed by atoms with van der Waals surface area (Å²) in [6, 6.07) is 18.3. The number of rotatable bonds is 6. The molecule has 0 unspecified atom stereocenters. The number of amides is 1. The van der Waals surface area contributed by atoms with Gasteiger partial charge in [-0.3, -0.25) is 9.59 Å². The summed E-state index contributed by atoms with van der Waals surface area (Å²) in [7, 11) is 0. The van der Waals surface area contributed by atoms with Crippen molar-refractivity contribution < 1.29 is 19.1 Å². The van der Waals surface area contributed by atoms with E-state index in [0.717, 1.165) is 11.1 Å². The number of nitrogens with zero attached hydrogens (tertiary/aromatic N) is 1. The van der Waals surface area contributed by atoms with Gasteiger partial charge in [0.05, 0.1) is 16.5 Å². The van der Waals surface area contributed by atoms with Crippen LogP contribution in [0.3, 0.4) is 0 Å². The number of ether oxygens (including phenoxy) is 1. The SMILES string of the molecule is C[C@@]1(/C=C/C=O)S[C@@H]2CC(=O)N2[C@H]1C(=O)OC(c1ccccc1)c1ccccc1. The van der Waals surface area contributed by atoms with Crippen LogP contribution in [0.15, 0.2) is 72.8 Å². The fourth-order valence-corrected chi connectivity index (χ4v) is 5.58. The highest BCUT2D eigenvalue weighted by Crippen LogP contribution is 2.52. The summed E-state index contributed by atoms with van der Waals surface area (Å²) in [5.41, 5.74) is 1.71. The van der Waals surface area contributed by atoms with Gasteiger partial charge >= 0.3 is 5.97 Å². The van der Waals surface area contributed by atoms with Gasteiger partial charge in [-0.2, -0.15) is 0 Å². The predicted molar refractivity (Wildman–Crippen MR) is 111 cm³/mol. The van der Waals surface area contributed by atoms with E-state index in [-0.39, 0.29) is 11.3 Å². The molecule has 0 aliphatic carbocycles. The zero-order chi connectivity index (χ0) is 20.4. The monoisotopic (exact) mass is 407 g/mol. The van der Waals surface area contributed by atoms with Gasteiger partial charge in [0.15, 0.2) is 6.10 Å². The molecule has 29 heavy (non-hydrogen) atoms. The van der Waals surface area contributed by atoms with Gasteiger partial charge < -0.3 is 9.64 Å². The van der Waals surface area contributed by atoms with E-state index in [0.29, 0.717) is 12.7 Å². The van der Waals surface area contributed by atoms with Gasteiger partial charge in [0.1, 0.15) is 12.3 Å². The van der Waals surface area contributed by atoms with Crippen molar-refractivity contribution in [3.05, 3.63) is 83.9 Å². The molecule has 0 saturated carbocycles. The molecule has 2 aliphatic rings. The Kier molecular flexibility index (Phi) is 5.28. The summed E-state index contributed by atoms with van der Waals surface area (Å²) >= 11 is 1.52. The van der Waals surface area contributed by atoms with E-state index in [1.54, 1.807) is 11.0 Å². The highest BCUT2D eigenvalue weighted by Gasteiger charge is 2.60. The fourth-order valence-electron chi connectivity index (χ4n) is 3.92. The molecular weight excluding hydrogens is 386 g/mol. The van der Waals surface area contributed by atoms with Gasteiger partial charge in [0, 0.05) is 0 Å². The molecule has 0 bridgehead atoms. The average molecular weight is 407 g/mol. The molecule has 2 fully saturated rings. The highest BCUT2D eigenvalue weighted by molar-refractivity contribution is 8.01. The second-order valence-corrected chi connectivity index (χ2v) is 8.96. The normalized spacial score (nSPS) is 25.7. The summed E-state index contributed by atoms with van der Waals surface area (Å²) in [5, 5.41) is -0.0618. The number of β-lactam (4-membered cyclic amide) rings is 1. The van der Waals surface area contributed by atoms with Gasteiger partial charge in [-0.1, -0.05) is 66.7 Å². The Balaban J connectivity index is 1.67. The lowest BCUT2D eigenvalue weighted by Gasteiger charge is -2.38. The number of fused-ring (bicyclic) bond motifs is 1. The van der Waals surface area contributed by atoms with Crippen molar-refractivity contribution >= 4 is 29.9 Å². The molecule has 5 nitrogen and oxygen atoms in total. The van der Waals surface area contributed by atoms with Crippen LogP contribution in [-0.4, -0.2) is 39.2 Å². The van der Waals surface area contributed by atoms with Gasteiger partial charge in [0.25, 0.3) is 0 Å². The van der Waals surface area contributed by atoms with E-state index in [2.05, 4.69) is 0 Å². The van der Waals surface area contributed by atoms with E-state index < -0.39 is 22.9 Å². The maximum Gasteiger partial charge on any atom is 0.331 e. The van der Waals surface area contributed by atoms with Gasteiger partial charge in [0.2, 0.25) is 5.91 Å². The maximum absolute atomic E-state index is 13.4. The topological polar surface area (TPSA) is 63.7 Å². The van der Waals surface area contributed by atoms with E-state index >= 15 is 0 Å². The van der Waals surface area contributed by atoms with Crippen molar-refractivity contribution in [1.82, 2.24) is 4.90 Å². The Labute approximate surface area is 173 Å². The number of hydrogen-bond donors (Lipinski definition) is 0. The number of benzene rings is 2. The number of thioether (sulfide) groups is 1. The Morgan fingerprint density at radius 2 is 1.72 bits per heavy atom. The molecule has 1 amide bonds. The van der Waals surface area contributed by atoms with Crippen LogP contribution in [0.25, 0.3) is 0 Å². The van der Waals surface area contributed by atoms with Crippen LogP contribution in [0, 0.1) is 0 Å². The lowest BCUT2D eigenvalue weighted by atomic mass is 9.95. The summed E-state index contributed by atoms with van der Waals surface area (Å²) in [5.74, 6) is -0.535. The first-order valence-electron chi connectivity index (χ1n) is 9.46. The van der Waals surface area contributed by atoms with E-state index in [1.807, 2.05) is 67.6 Å². The first-order chi connectivity index (χ1) is 14.0. The second-order valence-electron chi connectivity index (χ2n) is 7.30. The minimum Gasteiger partial charge on any atom is -0.451 e. The summed E-state index contributed by atoms with van der Waals surface area (Å²) in [4.78, 5) is 38.1. The Bertz CT molecular complexity index is 906. The van der Waals surface area contributed by atoms with E-state index in [1.165, 1.54) is 17.8 Å². The van der Waals surface area contributed by atoms with E-state index in [4.69, 9.17) is 4.74 Å². The first-order valence-corrected chi connectivity index (χ1v) is 10.3. The van der Waals surface area contributed by atoms with Gasteiger partial charge in [-0.15, -0.1) is 11.8 Å². The summed E-state index contributed by atoms with van der Waals surface area (Å²) in [6.45, 7) is 1.87. The number of hydrogen-bond acceptors (Lipinski definition) is 5. The zero-order valence-corrected chi connectivity index (χ0v) is 16.7. The molecule has 2 aliphatic heterocycles. The molecule has 3 atom stereocenters. The lowest BCUT2D eigenvalue weighted by Crippen LogP contribution is -2.57. The van der Waals surface area contributed by atoms with Crippen molar-refractivity contribution in [2.45, 2.75) is 35.6 Å². The van der Waals surface area contributed by atoms with Crippen LogP contribution >= 0.6 is 11.8 Å². The number of esters is 1. The smallest absolute Gasteiger partial charge is 0.331 e. The summed E-state index contributed by atoms with van der Waals surface area (Å²) < 4.78 is 5.30. The standard InChI is InChI=1S/C23H21NO4S/c1-23(13-8-14-25)21(24-18(26)15-19(24)29-23)22(27)28-20(16-9-4-2-5-10-16)17-11-6-3-7-12-17/h2-14,19-21H,15H2,1H3/b13-8+/t19-,21+,23+/m1/s1. The van der Waals surface area contributed by atoms with Crippen LogP contribution in [0.1, 0.15) is 30.6 Å². The summed E-state index contributed by atoms with van der Waals surface area (Å²) in [6.07, 6.45) is 3.59. The van der Waals surface area contributed by atoms with Crippen LogP contribution in [0.5, 0.6) is 0 Å². The first kappa shape index (κ1) is 19.5. The number of allylic oxidation sites excluding steroid dienone is 1. The van der Waals surface area contributed by atoms with Crippen LogP contribution < -0.4 is 0 Å². The molecule has 2 aromatic rings. The molecule has 4 rings (SSSR count). The third-order valence-corrected chi connectivity index (χ3v) is 6.86. The second kappa shape index (κ2) is 7.87. The third-order valence-electron chi connectivity index (χ3n) is 5.33. The minimum absolute atomic E-state index is 0.0618. The quantitative estimate of drug-likeness (QED) is 0.317. The number of aldehydes is 1. The van der Waals surface area contributed by atoms with Crippen molar-refractivity contribution in [2.24, 2.45) is 0 Å². The zero-order valence-electron chi connectivity index (χ0n) is 15.9. The molecule has 148 valence electrons. The minimum atomic E-state index is -0.773. The Morgan fingerprint density at radius 3 is 2.24 bits per heavy atom. The number of carbonyl (C=O) groups is 3. The fraction of sp³-hybridized carbons (Fsp3) is 0.261. The van der Waals surface area contributed by atoms with Crippen molar-refractivity contribution in [3.63, 3.8) is 0 Å². The van der Waals surface area contributed by atoms with Gasteiger partial charge in [-0.05, 0) is 24.1 Å². The molecule has 2 aromatic carbocycles. The predicted octanol–water partition coefficient (Wildman–Crippen LogP) is 3.51. The lowest BCUT2D eigenvalue weighted by molar-refractivity contribution is -0.163. The largest absolute Gasteiger partial charge is 0.451 e. The van der Waals surface area contributed by atoms with Crippen LogP contribution in [0.2, 0.25) is 0 Å². The van der Waals surface area contributed by atoms with Crippen molar-refractivity contribution in [3.8, 4) is 0 Å². The molecule has 0 radical (unpaired) electrons. The maximum atomic E-state index is 13.4. The molecule has 0 N–H and O–H groups in total. The molecule has 0 aromatic heterocycles. The van der Waals surface area contributed by atoms with Crippen molar-refractivity contribution in [2.75, 3.05) is 0 Å². The Morgan fingerprint density at radius 1 is 1.14 bits per heavy atom. The van der Waals surface area contributed by atoms with Crippen LogP contribution in [0.4, 0.5) is 0 Å². The van der Waals surface area contributed by atoms with Crippen molar-refractivity contribution in [1.29, 1.82) is 0 Å². The molecule has 0 spiro atoms. The Hall–Kier alpha value is -2.86.